The molecule has 1 amide bonds. The van der Waals surface area contributed by atoms with Crippen molar-refractivity contribution in [1.82, 2.24) is 10.3 Å². The zero-order valence-corrected chi connectivity index (χ0v) is 10.2. The van der Waals surface area contributed by atoms with E-state index in [0.29, 0.717) is 19.3 Å². The van der Waals surface area contributed by atoms with E-state index in [0.717, 1.165) is 25.8 Å². The van der Waals surface area contributed by atoms with Crippen LogP contribution in [-0.2, 0) is 9.53 Å². The number of hydrazine groups is 1. The van der Waals surface area contributed by atoms with Gasteiger partial charge in [-0.05, 0) is 12.8 Å². The molecule has 3 N–H and O–H groups in total. The summed E-state index contributed by atoms with van der Waals surface area (Å²) in [5.74, 6) is 5.16. The van der Waals surface area contributed by atoms with Crippen molar-refractivity contribution in [3.63, 3.8) is 0 Å². The van der Waals surface area contributed by atoms with E-state index in [4.69, 9.17) is 10.6 Å². The van der Waals surface area contributed by atoms with Crippen molar-refractivity contribution in [3.8, 4) is 0 Å². The number of nitrogens with two attached hydrogens (primary N) is 1. The Balaban J connectivity index is 2.69. The fourth-order valence-electron chi connectivity index (χ4n) is 2.25. The molecule has 2 unspecified atom stereocenters. The van der Waals surface area contributed by atoms with E-state index < -0.39 is 0 Å². The minimum absolute atomic E-state index is 0.0813. The number of nitrogens with one attached hydrogen (secondary N) is 1. The molecule has 1 saturated heterocycles. The van der Waals surface area contributed by atoms with Crippen molar-refractivity contribution in [1.29, 1.82) is 0 Å². The lowest BCUT2D eigenvalue weighted by Crippen LogP contribution is -2.56. The summed E-state index contributed by atoms with van der Waals surface area (Å²) < 4.78 is 5.44. The van der Waals surface area contributed by atoms with Gasteiger partial charge in [-0.15, -0.1) is 0 Å². The van der Waals surface area contributed by atoms with Crippen LogP contribution in [-0.4, -0.2) is 42.6 Å². The highest BCUT2D eigenvalue weighted by Gasteiger charge is 2.31. The van der Waals surface area contributed by atoms with Crippen molar-refractivity contribution >= 4 is 5.91 Å². The van der Waals surface area contributed by atoms with Gasteiger partial charge in [-0.25, -0.2) is 5.84 Å². The van der Waals surface area contributed by atoms with Gasteiger partial charge in [0.25, 0.3) is 5.91 Å². The number of ether oxygens (including phenoxy) is 1. The van der Waals surface area contributed by atoms with E-state index in [1.54, 1.807) is 0 Å². The SMILES string of the molecule is CCCC(C(=O)NN)N1CCOCC1CC. The Morgan fingerprint density at radius 3 is 2.94 bits per heavy atom. The van der Waals surface area contributed by atoms with Crippen LogP contribution in [0, 0.1) is 0 Å². The van der Waals surface area contributed by atoms with Gasteiger partial charge in [0.05, 0.1) is 19.3 Å². The highest BCUT2D eigenvalue weighted by atomic mass is 16.5. The van der Waals surface area contributed by atoms with Gasteiger partial charge in [-0.2, -0.15) is 0 Å². The highest BCUT2D eigenvalue weighted by molar-refractivity contribution is 5.81. The van der Waals surface area contributed by atoms with Gasteiger partial charge in [-0.3, -0.25) is 15.1 Å². The van der Waals surface area contributed by atoms with Crippen LogP contribution in [0.3, 0.4) is 0 Å². The van der Waals surface area contributed by atoms with E-state index in [-0.39, 0.29) is 11.9 Å². The fraction of sp³-hybridized carbons (Fsp3) is 0.909. The topological polar surface area (TPSA) is 67.6 Å². The van der Waals surface area contributed by atoms with Gasteiger partial charge >= 0.3 is 0 Å². The lowest BCUT2D eigenvalue weighted by molar-refractivity contribution is -0.131. The standard InChI is InChI=1S/C11H23N3O2/c1-3-5-10(11(15)13-12)14-6-7-16-8-9(14)4-2/h9-10H,3-8,12H2,1-2H3,(H,13,15). The highest BCUT2D eigenvalue weighted by Crippen LogP contribution is 2.17. The molecule has 0 aromatic heterocycles. The fourth-order valence-corrected chi connectivity index (χ4v) is 2.25. The summed E-state index contributed by atoms with van der Waals surface area (Å²) in [6.45, 7) is 6.44. The maximum Gasteiger partial charge on any atom is 0.251 e. The maximum absolute atomic E-state index is 11.7. The van der Waals surface area contributed by atoms with E-state index in [9.17, 15) is 4.79 Å². The third-order valence-corrected chi connectivity index (χ3v) is 3.15. The third kappa shape index (κ3) is 3.17. The molecule has 0 aromatic rings. The number of rotatable bonds is 5. The Kier molecular flexibility index (Phi) is 5.73. The molecule has 0 aromatic carbocycles. The van der Waals surface area contributed by atoms with Crippen molar-refractivity contribution in [3.05, 3.63) is 0 Å². The zero-order chi connectivity index (χ0) is 12.0. The molecule has 0 saturated carbocycles. The summed E-state index contributed by atoms with van der Waals surface area (Å²) in [6.07, 6.45) is 2.82. The monoisotopic (exact) mass is 229 g/mol. The van der Waals surface area contributed by atoms with Crippen LogP contribution in [0.4, 0.5) is 0 Å². The lowest BCUT2D eigenvalue weighted by atomic mass is 10.0. The molecule has 1 fully saturated rings. The molecule has 0 bridgehead atoms. The third-order valence-electron chi connectivity index (χ3n) is 3.15. The Morgan fingerprint density at radius 2 is 2.38 bits per heavy atom. The van der Waals surface area contributed by atoms with Crippen LogP contribution in [0.15, 0.2) is 0 Å². The first-order valence-corrected chi connectivity index (χ1v) is 6.08. The number of amides is 1. The Labute approximate surface area is 97.3 Å². The molecule has 5 heteroatoms. The van der Waals surface area contributed by atoms with Gasteiger partial charge in [-0.1, -0.05) is 20.3 Å². The van der Waals surface area contributed by atoms with Crippen LogP contribution in [0.5, 0.6) is 0 Å². The molecular formula is C11H23N3O2. The lowest BCUT2D eigenvalue weighted by Gasteiger charge is -2.39. The second-order valence-corrected chi connectivity index (χ2v) is 4.19. The van der Waals surface area contributed by atoms with Gasteiger partial charge in [0.2, 0.25) is 0 Å². The van der Waals surface area contributed by atoms with E-state index >= 15 is 0 Å². The first-order valence-electron chi connectivity index (χ1n) is 6.08. The predicted octanol–water partition coefficient (Wildman–Crippen LogP) is 0.256. The summed E-state index contributed by atoms with van der Waals surface area (Å²) in [5, 5.41) is 0. The molecule has 0 aliphatic carbocycles. The van der Waals surface area contributed by atoms with Crippen LogP contribution >= 0.6 is 0 Å². The zero-order valence-electron chi connectivity index (χ0n) is 10.2. The largest absolute Gasteiger partial charge is 0.378 e. The smallest absolute Gasteiger partial charge is 0.251 e. The molecule has 1 aliphatic heterocycles. The Morgan fingerprint density at radius 1 is 1.62 bits per heavy atom. The average Bonchev–Trinajstić information content (AvgIpc) is 2.35. The summed E-state index contributed by atoms with van der Waals surface area (Å²) in [4.78, 5) is 14.0. The molecule has 0 radical (unpaired) electrons. The first-order chi connectivity index (χ1) is 7.74. The predicted molar refractivity (Wildman–Crippen MR) is 62.6 cm³/mol. The number of nitrogens with zero attached hydrogens (tertiary/aromatic N) is 1. The van der Waals surface area contributed by atoms with Crippen molar-refractivity contribution in [2.75, 3.05) is 19.8 Å². The normalized spacial score (nSPS) is 24.1. The first kappa shape index (κ1) is 13.4. The minimum atomic E-state index is -0.108. The number of hydrogen-bond acceptors (Lipinski definition) is 4. The maximum atomic E-state index is 11.7. The molecule has 94 valence electrons. The van der Waals surface area contributed by atoms with Crippen molar-refractivity contribution in [2.45, 2.75) is 45.2 Å². The summed E-state index contributed by atoms with van der Waals surface area (Å²) in [7, 11) is 0. The van der Waals surface area contributed by atoms with Crippen LogP contribution < -0.4 is 11.3 Å². The van der Waals surface area contributed by atoms with Gasteiger partial charge in [0, 0.05) is 12.6 Å². The van der Waals surface area contributed by atoms with Gasteiger partial charge < -0.3 is 4.74 Å². The minimum Gasteiger partial charge on any atom is -0.378 e. The Hall–Kier alpha value is -0.650. The van der Waals surface area contributed by atoms with Crippen molar-refractivity contribution < 1.29 is 9.53 Å². The number of carbonyl (C=O) groups excluding carboxylic acids is 1. The molecule has 1 heterocycles. The summed E-state index contributed by atoms with van der Waals surface area (Å²) in [6, 6.07) is 0.228. The second kappa shape index (κ2) is 6.83. The molecule has 1 aliphatic rings. The van der Waals surface area contributed by atoms with Gasteiger partial charge in [0.1, 0.15) is 0 Å². The number of carbonyl (C=O) groups is 1. The van der Waals surface area contributed by atoms with Crippen LogP contribution in [0.1, 0.15) is 33.1 Å². The van der Waals surface area contributed by atoms with E-state index in [1.165, 1.54) is 0 Å². The Bertz CT molecular complexity index is 223. The number of hydrogen-bond donors (Lipinski definition) is 2. The van der Waals surface area contributed by atoms with Crippen LogP contribution in [0.25, 0.3) is 0 Å². The number of morpholine rings is 1. The average molecular weight is 229 g/mol. The van der Waals surface area contributed by atoms with Gasteiger partial charge in [0.15, 0.2) is 0 Å². The quantitative estimate of drug-likeness (QED) is 0.403. The van der Waals surface area contributed by atoms with Crippen molar-refractivity contribution in [2.24, 2.45) is 5.84 Å². The molecular weight excluding hydrogens is 206 g/mol. The molecule has 5 nitrogen and oxygen atoms in total. The molecule has 0 spiro atoms. The van der Waals surface area contributed by atoms with Crippen LogP contribution in [0.2, 0.25) is 0 Å². The molecule has 1 rings (SSSR count). The second-order valence-electron chi connectivity index (χ2n) is 4.19. The molecule has 2 atom stereocenters. The molecule has 16 heavy (non-hydrogen) atoms. The van der Waals surface area contributed by atoms with E-state index in [2.05, 4.69) is 24.2 Å². The summed E-state index contributed by atoms with van der Waals surface area (Å²) in [5.41, 5.74) is 2.27. The summed E-state index contributed by atoms with van der Waals surface area (Å²) >= 11 is 0. The van der Waals surface area contributed by atoms with E-state index in [1.807, 2.05) is 0 Å².